The normalized spacial score (nSPS) is 11.3. The lowest BCUT2D eigenvalue weighted by Gasteiger charge is -2.21. The van der Waals surface area contributed by atoms with Crippen molar-refractivity contribution in [3.8, 4) is 11.5 Å². The summed E-state index contributed by atoms with van der Waals surface area (Å²) < 4.78 is 66.2. The number of amides is 1. The summed E-state index contributed by atoms with van der Waals surface area (Å²) in [4.78, 5) is 25.2. The van der Waals surface area contributed by atoms with E-state index in [4.69, 9.17) is 9.47 Å². The Morgan fingerprint density at radius 2 is 1.76 bits per heavy atom. The summed E-state index contributed by atoms with van der Waals surface area (Å²) in [6.07, 6.45) is -8.52. The molecule has 29 heavy (non-hydrogen) atoms. The van der Waals surface area contributed by atoms with Crippen molar-refractivity contribution in [2.45, 2.75) is 46.1 Å². The number of alkyl halides is 4. The minimum Gasteiger partial charge on any atom is -0.480 e. The number of carbonyl (C=O) groups excluding carboxylic acids is 2. The van der Waals surface area contributed by atoms with Gasteiger partial charge in [0.25, 0.3) is 5.91 Å². The molecule has 0 bridgehead atoms. The van der Waals surface area contributed by atoms with E-state index in [9.17, 15) is 27.2 Å². The summed E-state index contributed by atoms with van der Waals surface area (Å²) in [6, 6.07) is 3.54. The van der Waals surface area contributed by atoms with Crippen molar-refractivity contribution in [2.75, 3.05) is 26.3 Å². The van der Waals surface area contributed by atoms with Crippen LogP contribution in [0.1, 0.15) is 32.8 Å². The van der Waals surface area contributed by atoms with E-state index in [0.29, 0.717) is 19.5 Å². The topological polar surface area (TPSA) is 65.1 Å². The van der Waals surface area contributed by atoms with Crippen LogP contribution in [-0.4, -0.2) is 55.6 Å². The van der Waals surface area contributed by atoms with Crippen LogP contribution in [0, 0.1) is 0 Å². The lowest BCUT2D eigenvalue weighted by atomic mass is 10.1. The molecule has 0 saturated heterocycles. The highest BCUT2D eigenvalue weighted by atomic mass is 19.3. The van der Waals surface area contributed by atoms with Crippen molar-refractivity contribution in [1.82, 2.24) is 4.90 Å². The number of halogens is 4. The molecule has 0 saturated carbocycles. The van der Waals surface area contributed by atoms with E-state index in [1.807, 2.05) is 0 Å². The largest absolute Gasteiger partial charge is 0.480 e. The molecule has 0 spiro atoms. The first kappa shape index (κ1) is 24.5. The fraction of sp³-hybridized carbons (Fsp3) is 0.579. The van der Waals surface area contributed by atoms with Gasteiger partial charge >= 0.3 is 18.5 Å². The molecule has 1 rings (SSSR count). The molecule has 0 radical (unpaired) electrons. The summed E-state index contributed by atoms with van der Waals surface area (Å²) in [5.74, 6) is -2.04. The molecule has 1 aromatic rings. The first-order chi connectivity index (χ1) is 13.6. The van der Waals surface area contributed by atoms with E-state index in [2.05, 4.69) is 4.74 Å². The minimum absolute atomic E-state index is 0.195. The zero-order chi connectivity index (χ0) is 22.0. The number of likely N-dealkylation sites (N-methyl/N-ethyl adjacent to an activating group) is 1. The summed E-state index contributed by atoms with van der Waals surface area (Å²) in [7, 11) is 0. The van der Waals surface area contributed by atoms with Gasteiger partial charge in [-0.15, -0.1) is 0 Å². The van der Waals surface area contributed by atoms with Gasteiger partial charge < -0.3 is 19.1 Å². The molecule has 10 heteroatoms. The van der Waals surface area contributed by atoms with E-state index in [1.165, 1.54) is 17.0 Å². The summed E-state index contributed by atoms with van der Waals surface area (Å²) in [6.45, 7) is 5.86. The maximum absolute atomic E-state index is 13.4. The molecule has 0 aliphatic carbocycles. The van der Waals surface area contributed by atoms with Crippen LogP contribution in [0.25, 0.3) is 0 Å². The van der Waals surface area contributed by atoms with Gasteiger partial charge in [0.15, 0.2) is 18.1 Å². The smallest absolute Gasteiger partial charge is 0.461 e. The number of rotatable bonds is 12. The SMILES string of the molecule is CCCOC(=O)Cc1ccc(OCC(=O)N(CC)CC)c(OC(F)(F)C(F)F)c1. The van der Waals surface area contributed by atoms with Gasteiger partial charge in [-0.25, -0.2) is 0 Å². The van der Waals surface area contributed by atoms with E-state index >= 15 is 0 Å². The Labute approximate surface area is 166 Å². The lowest BCUT2D eigenvalue weighted by molar-refractivity contribution is -0.253. The molecular formula is C19H25F4NO5. The van der Waals surface area contributed by atoms with Crippen LogP contribution in [0.5, 0.6) is 11.5 Å². The van der Waals surface area contributed by atoms with Gasteiger partial charge in [-0.2, -0.15) is 17.6 Å². The Bertz CT molecular complexity index is 681. The Morgan fingerprint density at radius 3 is 2.31 bits per heavy atom. The van der Waals surface area contributed by atoms with Gasteiger partial charge in [0.1, 0.15) is 0 Å². The van der Waals surface area contributed by atoms with Crippen molar-refractivity contribution in [1.29, 1.82) is 0 Å². The Hall–Kier alpha value is -2.52. The molecular weight excluding hydrogens is 398 g/mol. The molecule has 164 valence electrons. The number of benzene rings is 1. The van der Waals surface area contributed by atoms with Crippen molar-refractivity contribution in [3.05, 3.63) is 23.8 Å². The predicted octanol–water partition coefficient (Wildman–Crippen LogP) is 3.67. The van der Waals surface area contributed by atoms with E-state index in [-0.39, 0.29) is 24.3 Å². The van der Waals surface area contributed by atoms with Crippen LogP contribution in [-0.2, 0) is 20.7 Å². The molecule has 1 aromatic carbocycles. The number of ether oxygens (including phenoxy) is 3. The average Bonchev–Trinajstić information content (AvgIpc) is 2.66. The van der Waals surface area contributed by atoms with Crippen molar-refractivity contribution in [3.63, 3.8) is 0 Å². The van der Waals surface area contributed by atoms with Crippen LogP contribution in [0.2, 0.25) is 0 Å². The van der Waals surface area contributed by atoms with E-state index < -0.39 is 36.8 Å². The van der Waals surface area contributed by atoms with Gasteiger partial charge in [0.05, 0.1) is 13.0 Å². The molecule has 0 aliphatic rings. The average molecular weight is 423 g/mol. The second kappa shape index (κ2) is 11.5. The molecule has 0 atom stereocenters. The van der Waals surface area contributed by atoms with Gasteiger partial charge in [0, 0.05) is 13.1 Å². The fourth-order valence-electron chi connectivity index (χ4n) is 2.29. The van der Waals surface area contributed by atoms with Crippen LogP contribution < -0.4 is 9.47 Å². The number of hydrogen-bond acceptors (Lipinski definition) is 5. The molecule has 0 unspecified atom stereocenters. The second-order valence-electron chi connectivity index (χ2n) is 6.00. The fourth-order valence-corrected chi connectivity index (χ4v) is 2.29. The van der Waals surface area contributed by atoms with Crippen molar-refractivity contribution < 1.29 is 41.4 Å². The number of nitrogens with zero attached hydrogens (tertiary/aromatic N) is 1. The predicted molar refractivity (Wildman–Crippen MR) is 96.4 cm³/mol. The quantitative estimate of drug-likeness (QED) is 0.379. The van der Waals surface area contributed by atoms with Crippen molar-refractivity contribution in [2.24, 2.45) is 0 Å². The van der Waals surface area contributed by atoms with E-state index in [0.717, 1.165) is 6.07 Å². The molecule has 0 N–H and O–H groups in total. The third kappa shape index (κ3) is 7.78. The number of hydrogen-bond donors (Lipinski definition) is 0. The molecule has 0 aliphatic heterocycles. The highest BCUT2D eigenvalue weighted by Gasteiger charge is 2.44. The van der Waals surface area contributed by atoms with Crippen LogP contribution in [0.4, 0.5) is 17.6 Å². The second-order valence-corrected chi connectivity index (χ2v) is 6.00. The third-order valence-corrected chi connectivity index (χ3v) is 3.79. The zero-order valence-corrected chi connectivity index (χ0v) is 16.6. The van der Waals surface area contributed by atoms with Crippen LogP contribution >= 0.6 is 0 Å². The maximum Gasteiger partial charge on any atom is 0.461 e. The van der Waals surface area contributed by atoms with E-state index in [1.54, 1.807) is 20.8 Å². The van der Waals surface area contributed by atoms with Crippen molar-refractivity contribution >= 4 is 11.9 Å². The van der Waals surface area contributed by atoms with Gasteiger partial charge in [-0.3, -0.25) is 9.59 Å². The monoisotopic (exact) mass is 423 g/mol. The van der Waals surface area contributed by atoms with Gasteiger partial charge in [0.2, 0.25) is 0 Å². The zero-order valence-electron chi connectivity index (χ0n) is 16.6. The Morgan fingerprint density at radius 1 is 1.10 bits per heavy atom. The van der Waals surface area contributed by atoms with Gasteiger partial charge in [-0.05, 0) is 38.0 Å². The number of carbonyl (C=O) groups is 2. The first-order valence-electron chi connectivity index (χ1n) is 9.18. The highest BCUT2D eigenvalue weighted by molar-refractivity contribution is 5.78. The minimum atomic E-state index is -4.78. The molecule has 1 amide bonds. The summed E-state index contributed by atoms with van der Waals surface area (Å²) >= 11 is 0. The van der Waals surface area contributed by atoms with Gasteiger partial charge in [-0.1, -0.05) is 13.0 Å². The Balaban J connectivity index is 3.03. The number of esters is 1. The molecule has 6 nitrogen and oxygen atoms in total. The Kier molecular flexibility index (Phi) is 9.70. The van der Waals surface area contributed by atoms with Crippen LogP contribution in [0.3, 0.4) is 0 Å². The molecule has 0 heterocycles. The highest BCUT2D eigenvalue weighted by Crippen LogP contribution is 2.35. The maximum atomic E-state index is 13.4. The lowest BCUT2D eigenvalue weighted by Crippen LogP contribution is -2.35. The standard InChI is InChI=1S/C19H25F4NO5/c1-4-9-27-17(26)11-13-7-8-14(28-12-16(25)24(5-2)6-3)15(10-13)29-19(22,23)18(20)21/h7-8,10,18H,4-6,9,11-12H2,1-3H3. The first-order valence-corrected chi connectivity index (χ1v) is 9.18. The summed E-state index contributed by atoms with van der Waals surface area (Å²) in [5.41, 5.74) is 0.202. The van der Waals surface area contributed by atoms with Crippen LogP contribution in [0.15, 0.2) is 18.2 Å². The molecule has 0 fully saturated rings. The summed E-state index contributed by atoms with van der Waals surface area (Å²) in [5, 5.41) is 0. The molecule has 0 aromatic heterocycles. The third-order valence-electron chi connectivity index (χ3n) is 3.79.